The Balaban J connectivity index is 0. The molecule has 40 valence electrons. The molecule has 0 rings (SSSR count). The Morgan fingerprint density at radius 2 is 2.25 bits per heavy atom. The van der Waals surface area contributed by atoms with Crippen molar-refractivity contribution in [3.8, 4) is 6.07 Å². The van der Waals surface area contributed by atoms with E-state index >= 15 is 0 Å². The van der Waals surface area contributed by atoms with Crippen LogP contribution in [0.15, 0.2) is 0 Å². The van der Waals surface area contributed by atoms with Gasteiger partial charge in [-0.15, -0.1) is 0 Å². The second-order valence-electron chi connectivity index (χ2n) is 1.23. The van der Waals surface area contributed by atoms with E-state index in [0.29, 0.717) is 6.42 Å². The maximum absolute atomic E-state index is 10.2. The molecule has 0 aromatic carbocycles. The molecule has 0 saturated heterocycles. The van der Waals surface area contributed by atoms with Gasteiger partial charge in [0.2, 0.25) is 0 Å². The van der Waals surface area contributed by atoms with Gasteiger partial charge in [-0.25, -0.2) is 0 Å². The zero-order valence-corrected chi connectivity index (χ0v) is 4.27. The number of hydrogen-bond acceptors (Lipinski definition) is 2. The van der Waals surface area contributed by atoms with E-state index in [0.717, 1.165) is 0 Å². The van der Waals surface area contributed by atoms with Crippen LogP contribution in [-0.2, 0) is 4.79 Å². The third-order valence-electron chi connectivity index (χ3n) is 0.671. The Bertz CT molecular complexity index is 105. The van der Waals surface area contributed by atoms with Crippen LogP contribution in [0.2, 0.25) is 0 Å². The molecule has 0 amide bonds. The summed E-state index contributed by atoms with van der Waals surface area (Å²) in [6.45, 7) is 1.75. The van der Waals surface area contributed by atoms with Gasteiger partial charge in [-0.3, -0.25) is 4.79 Å². The van der Waals surface area contributed by atoms with Gasteiger partial charge >= 0.3 is 29.6 Å². The summed E-state index contributed by atoms with van der Waals surface area (Å²) in [4.78, 5) is 10.2. The van der Waals surface area contributed by atoms with E-state index in [2.05, 4.69) is 0 Å². The molecular formula is C5H8NNaO. The fourth-order valence-corrected chi connectivity index (χ4v) is 0.213. The Morgan fingerprint density at radius 1 is 1.75 bits per heavy atom. The molecule has 0 aromatic heterocycles. The number of carbonyl (C=O) groups excluding carboxylic acids is 1. The number of hydrogen-bond donors (Lipinski definition) is 0. The van der Waals surface area contributed by atoms with Gasteiger partial charge < -0.3 is 0 Å². The summed E-state index contributed by atoms with van der Waals surface area (Å²) in [6.07, 6.45) is 0.546. The van der Waals surface area contributed by atoms with Crippen molar-refractivity contribution in [3.05, 3.63) is 0 Å². The second-order valence-corrected chi connectivity index (χ2v) is 1.23. The maximum atomic E-state index is 10.2. The number of rotatable bonds is 2. The fraction of sp³-hybridized carbons (Fsp3) is 0.600. The van der Waals surface area contributed by atoms with Crippen LogP contribution in [0.1, 0.15) is 19.8 Å². The number of Topliss-reactive ketones (excluding diaryl/α,β-unsaturated/α-hetero) is 1. The first-order chi connectivity index (χ1) is 3.31. The Hall–Kier alpha value is 0.160. The van der Waals surface area contributed by atoms with E-state index in [1.807, 2.05) is 0 Å². The standard InChI is InChI=1S/C5H7NO.Na.H/c1-2-5(7)3-4-6;;/h2-3H2,1H3;;. The quantitative estimate of drug-likeness (QED) is 0.491. The zero-order valence-electron chi connectivity index (χ0n) is 4.27. The summed E-state index contributed by atoms with van der Waals surface area (Å²) in [7, 11) is 0. The van der Waals surface area contributed by atoms with Gasteiger partial charge in [0.05, 0.1) is 12.5 Å². The normalized spacial score (nSPS) is 6.50. The topological polar surface area (TPSA) is 40.9 Å². The molecule has 0 aliphatic carbocycles. The molecule has 0 aliphatic heterocycles. The zero-order chi connectivity index (χ0) is 5.70. The fourth-order valence-electron chi connectivity index (χ4n) is 0.213. The third-order valence-corrected chi connectivity index (χ3v) is 0.671. The van der Waals surface area contributed by atoms with Crippen LogP contribution in [0.4, 0.5) is 0 Å². The van der Waals surface area contributed by atoms with E-state index in [1.54, 1.807) is 13.0 Å². The van der Waals surface area contributed by atoms with Gasteiger partial charge in [0.15, 0.2) is 0 Å². The summed E-state index contributed by atoms with van der Waals surface area (Å²) < 4.78 is 0. The monoisotopic (exact) mass is 121 g/mol. The molecule has 0 unspecified atom stereocenters. The molecule has 2 nitrogen and oxygen atoms in total. The average Bonchev–Trinajstić information content (AvgIpc) is 1.68. The van der Waals surface area contributed by atoms with Crippen molar-refractivity contribution in [1.82, 2.24) is 0 Å². The van der Waals surface area contributed by atoms with Gasteiger partial charge in [-0.05, 0) is 0 Å². The van der Waals surface area contributed by atoms with Crippen LogP contribution in [0.5, 0.6) is 0 Å². The summed E-state index contributed by atoms with van der Waals surface area (Å²) in [5.41, 5.74) is 0. The molecule has 0 heterocycles. The van der Waals surface area contributed by atoms with Crippen molar-refractivity contribution in [2.75, 3.05) is 0 Å². The Morgan fingerprint density at radius 3 is 2.38 bits per heavy atom. The van der Waals surface area contributed by atoms with Gasteiger partial charge in [0, 0.05) is 6.42 Å². The van der Waals surface area contributed by atoms with Gasteiger partial charge in [0.25, 0.3) is 0 Å². The molecule has 0 saturated carbocycles. The van der Waals surface area contributed by atoms with Crippen molar-refractivity contribution in [1.29, 1.82) is 5.26 Å². The van der Waals surface area contributed by atoms with E-state index in [1.165, 1.54) is 0 Å². The Labute approximate surface area is 71.2 Å². The van der Waals surface area contributed by atoms with Gasteiger partial charge in [0.1, 0.15) is 5.78 Å². The van der Waals surface area contributed by atoms with E-state index < -0.39 is 0 Å². The van der Waals surface area contributed by atoms with E-state index in [4.69, 9.17) is 5.26 Å². The third kappa shape index (κ3) is 6.16. The number of carbonyl (C=O) groups is 1. The first kappa shape index (κ1) is 11.0. The predicted molar refractivity (Wildman–Crippen MR) is 32.7 cm³/mol. The van der Waals surface area contributed by atoms with Gasteiger partial charge in [-0.2, -0.15) is 5.26 Å². The first-order valence-corrected chi connectivity index (χ1v) is 2.20. The van der Waals surface area contributed by atoms with Crippen LogP contribution in [-0.4, -0.2) is 35.3 Å². The van der Waals surface area contributed by atoms with Crippen LogP contribution in [0, 0.1) is 11.3 Å². The summed E-state index contributed by atoms with van der Waals surface area (Å²) in [6, 6.07) is 1.77. The van der Waals surface area contributed by atoms with E-state index in [9.17, 15) is 4.79 Å². The molecule has 0 N–H and O–H groups in total. The molecule has 0 aliphatic rings. The molecule has 0 aromatic rings. The average molecular weight is 121 g/mol. The minimum absolute atomic E-state index is 0. The molecule has 0 bridgehead atoms. The summed E-state index contributed by atoms with van der Waals surface area (Å²) in [5.74, 6) is 0.0162. The SMILES string of the molecule is CCC(=O)CC#N.[NaH]. The number of nitriles is 1. The van der Waals surface area contributed by atoms with Crippen molar-refractivity contribution < 1.29 is 4.79 Å². The van der Waals surface area contributed by atoms with Crippen molar-refractivity contribution >= 4 is 35.3 Å². The van der Waals surface area contributed by atoms with Crippen LogP contribution >= 0.6 is 0 Å². The first-order valence-electron chi connectivity index (χ1n) is 2.20. The van der Waals surface area contributed by atoms with Crippen molar-refractivity contribution in [3.63, 3.8) is 0 Å². The molecule has 0 spiro atoms. The predicted octanol–water partition coefficient (Wildman–Crippen LogP) is 0.231. The van der Waals surface area contributed by atoms with Crippen LogP contribution in [0.3, 0.4) is 0 Å². The number of nitrogens with zero attached hydrogens (tertiary/aromatic N) is 1. The van der Waals surface area contributed by atoms with Crippen molar-refractivity contribution in [2.24, 2.45) is 0 Å². The van der Waals surface area contributed by atoms with E-state index in [-0.39, 0.29) is 41.8 Å². The van der Waals surface area contributed by atoms with Crippen LogP contribution in [0.25, 0.3) is 0 Å². The molecule has 0 fully saturated rings. The molecule has 3 heteroatoms. The molecule has 8 heavy (non-hydrogen) atoms. The van der Waals surface area contributed by atoms with Gasteiger partial charge in [-0.1, -0.05) is 6.92 Å². The number of ketones is 1. The Kier molecular flexibility index (Phi) is 9.87. The summed E-state index contributed by atoms with van der Waals surface area (Å²) >= 11 is 0. The molecule has 0 atom stereocenters. The second kappa shape index (κ2) is 7.16. The van der Waals surface area contributed by atoms with Crippen LogP contribution < -0.4 is 0 Å². The minimum atomic E-state index is 0. The molecule has 0 radical (unpaired) electrons. The molecular weight excluding hydrogens is 113 g/mol. The van der Waals surface area contributed by atoms with Crippen molar-refractivity contribution in [2.45, 2.75) is 19.8 Å². The summed E-state index contributed by atoms with van der Waals surface area (Å²) in [5, 5.41) is 7.90.